The van der Waals surface area contributed by atoms with Crippen LogP contribution in [0.5, 0.6) is 0 Å². The molecule has 0 bridgehead atoms. The molecule has 0 saturated carbocycles. The summed E-state index contributed by atoms with van der Waals surface area (Å²) in [6.07, 6.45) is 0. The molecule has 0 atom stereocenters. The SMILES string of the molecule is CCOC(=O)c1c(F)ccc([N+](=O)[O-])c1N. The molecule has 0 aliphatic rings. The second-order valence-electron chi connectivity index (χ2n) is 2.83. The van der Waals surface area contributed by atoms with Gasteiger partial charge in [0.15, 0.2) is 0 Å². The fraction of sp³-hybridized carbons (Fsp3) is 0.222. The van der Waals surface area contributed by atoms with Crippen molar-refractivity contribution in [3.8, 4) is 0 Å². The van der Waals surface area contributed by atoms with Crippen molar-refractivity contribution in [3.05, 3.63) is 33.6 Å². The summed E-state index contributed by atoms with van der Waals surface area (Å²) < 4.78 is 17.8. The van der Waals surface area contributed by atoms with Gasteiger partial charge in [0.1, 0.15) is 17.1 Å². The molecule has 0 fully saturated rings. The Hall–Kier alpha value is -2.18. The van der Waals surface area contributed by atoms with E-state index in [9.17, 15) is 19.3 Å². The zero-order chi connectivity index (χ0) is 12.3. The van der Waals surface area contributed by atoms with Gasteiger partial charge in [0.2, 0.25) is 0 Å². The summed E-state index contributed by atoms with van der Waals surface area (Å²) in [7, 11) is 0. The van der Waals surface area contributed by atoms with Crippen LogP contribution in [0.2, 0.25) is 0 Å². The highest BCUT2D eigenvalue weighted by atomic mass is 19.1. The number of ether oxygens (including phenoxy) is 1. The Morgan fingerprint density at radius 3 is 2.75 bits per heavy atom. The monoisotopic (exact) mass is 228 g/mol. The third-order valence-electron chi connectivity index (χ3n) is 1.85. The van der Waals surface area contributed by atoms with Crippen molar-refractivity contribution >= 4 is 17.3 Å². The molecule has 0 spiro atoms. The molecule has 0 radical (unpaired) electrons. The van der Waals surface area contributed by atoms with Gasteiger partial charge in [-0.25, -0.2) is 9.18 Å². The number of esters is 1. The number of anilines is 1. The lowest BCUT2D eigenvalue weighted by molar-refractivity contribution is -0.384. The highest BCUT2D eigenvalue weighted by Crippen LogP contribution is 2.27. The lowest BCUT2D eigenvalue weighted by Crippen LogP contribution is -2.12. The van der Waals surface area contributed by atoms with E-state index in [2.05, 4.69) is 4.74 Å². The third-order valence-corrected chi connectivity index (χ3v) is 1.85. The fourth-order valence-corrected chi connectivity index (χ4v) is 1.15. The van der Waals surface area contributed by atoms with E-state index in [1.54, 1.807) is 0 Å². The fourth-order valence-electron chi connectivity index (χ4n) is 1.15. The molecule has 0 aliphatic carbocycles. The average molecular weight is 228 g/mol. The Bertz CT molecular complexity index is 447. The molecule has 7 heteroatoms. The Kier molecular flexibility index (Phi) is 3.39. The molecule has 0 saturated heterocycles. The molecule has 16 heavy (non-hydrogen) atoms. The Morgan fingerprint density at radius 1 is 1.62 bits per heavy atom. The third kappa shape index (κ3) is 2.08. The van der Waals surface area contributed by atoms with Gasteiger partial charge in [-0.05, 0) is 13.0 Å². The molecule has 0 amide bonds. The van der Waals surface area contributed by atoms with Crippen LogP contribution in [0, 0.1) is 15.9 Å². The second kappa shape index (κ2) is 4.56. The number of nitro benzene ring substituents is 1. The minimum Gasteiger partial charge on any atom is -0.462 e. The number of rotatable bonds is 3. The van der Waals surface area contributed by atoms with Crippen molar-refractivity contribution in [2.45, 2.75) is 6.92 Å². The molecule has 0 aromatic heterocycles. The quantitative estimate of drug-likeness (QED) is 0.366. The minimum absolute atomic E-state index is 0.0282. The Labute approximate surface area is 90.0 Å². The first-order chi connectivity index (χ1) is 7.49. The second-order valence-corrected chi connectivity index (χ2v) is 2.83. The van der Waals surface area contributed by atoms with Crippen LogP contribution in [-0.4, -0.2) is 17.5 Å². The summed E-state index contributed by atoms with van der Waals surface area (Å²) in [6.45, 7) is 1.56. The van der Waals surface area contributed by atoms with Crippen molar-refractivity contribution in [2.24, 2.45) is 0 Å². The van der Waals surface area contributed by atoms with Crippen LogP contribution in [0.4, 0.5) is 15.8 Å². The van der Waals surface area contributed by atoms with E-state index in [0.29, 0.717) is 0 Å². The minimum atomic E-state index is -1.01. The molecular weight excluding hydrogens is 219 g/mol. The van der Waals surface area contributed by atoms with Crippen molar-refractivity contribution < 1.29 is 18.8 Å². The zero-order valence-electron chi connectivity index (χ0n) is 8.40. The first kappa shape index (κ1) is 11.9. The summed E-state index contributed by atoms with van der Waals surface area (Å²) in [5.41, 5.74) is 3.68. The smallest absolute Gasteiger partial charge is 0.343 e. The predicted molar refractivity (Wildman–Crippen MR) is 53.4 cm³/mol. The van der Waals surface area contributed by atoms with E-state index in [1.165, 1.54) is 6.92 Å². The Morgan fingerprint density at radius 2 is 2.25 bits per heavy atom. The van der Waals surface area contributed by atoms with Crippen LogP contribution in [-0.2, 0) is 4.74 Å². The van der Waals surface area contributed by atoms with Gasteiger partial charge < -0.3 is 10.5 Å². The Balaban J connectivity index is 3.31. The predicted octanol–water partition coefficient (Wildman–Crippen LogP) is 1.49. The number of hydrogen-bond donors (Lipinski definition) is 1. The van der Waals surface area contributed by atoms with Crippen LogP contribution in [0.3, 0.4) is 0 Å². The van der Waals surface area contributed by atoms with Gasteiger partial charge in [0.25, 0.3) is 5.69 Å². The summed E-state index contributed by atoms with van der Waals surface area (Å²) in [5, 5.41) is 10.5. The molecule has 0 heterocycles. The molecule has 6 nitrogen and oxygen atoms in total. The number of nitrogens with zero attached hydrogens (tertiary/aromatic N) is 1. The van der Waals surface area contributed by atoms with Crippen LogP contribution < -0.4 is 5.73 Å². The standard InChI is InChI=1S/C9H9FN2O4/c1-2-16-9(13)7-5(10)3-4-6(8(7)11)12(14)15/h3-4H,2,11H2,1H3. The first-order valence-corrected chi connectivity index (χ1v) is 4.38. The average Bonchev–Trinajstić information content (AvgIpc) is 2.17. The maximum atomic E-state index is 13.3. The molecule has 0 unspecified atom stereocenters. The highest BCUT2D eigenvalue weighted by molar-refractivity contribution is 5.97. The van der Waals surface area contributed by atoms with E-state index in [1.807, 2.05) is 0 Å². The molecular formula is C9H9FN2O4. The zero-order valence-corrected chi connectivity index (χ0v) is 8.40. The number of carbonyl (C=O) groups is 1. The van der Waals surface area contributed by atoms with Gasteiger partial charge in [-0.15, -0.1) is 0 Å². The van der Waals surface area contributed by atoms with Crippen LogP contribution >= 0.6 is 0 Å². The summed E-state index contributed by atoms with van der Waals surface area (Å²) in [4.78, 5) is 21.0. The normalized spacial score (nSPS) is 9.88. The van der Waals surface area contributed by atoms with Crippen molar-refractivity contribution in [3.63, 3.8) is 0 Å². The van der Waals surface area contributed by atoms with Gasteiger partial charge >= 0.3 is 5.97 Å². The molecule has 1 aromatic rings. The van der Waals surface area contributed by atoms with Crippen LogP contribution in [0.1, 0.15) is 17.3 Å². The van der Waals surface area contributed by atoms with Crippen molar-refractivity contribution in [2.75, 3.05) is 12.3 Å². The lowest BCUT2D eigenvalue weighted by Gasteiger charge is -2.06. The van der Waals surface area contributed by atoms with Crippen LogP contribution in [0.15, 0.2) is 12.1 Å². The number of nitro groups is 1. The van der Waals surface area contributed by atoms with Gasteiger partial charge in [0.05, 0.1) is 11.5 Å². The number of hydrogen-bond acceptors (Lipinski definition) is 5. The van der Waals surface area contributed by atoms with Crippen molar-refractivity contribution in [1.82, 2.24) is 0 Å². The van der Waals surface area contributed by atoms with Gasteiger partial charge in [0, 0.05) is 6.07 Å². The van der Waals surface area contributed by atoms with Crippen LogP contribution in [0.25, 0.3) is 0 Å². The number of halogens is 1. The molecule has 0 aliphatic heterocycles. The highest BCUT2D eigenvalue weighted by Gasteiger charge is 2.24. The van der Waals surface area contributed by atoms with E-state index in [0.717, 1.165) is 12.1 Å². The molecule has 1 aromatic carbocycles. The maximum Gasteiger partial charge on any atom is 0.343 e. The number of benzene rings is 1. The van der Waals surface area contributed by atoms with E-state index < -0.39 is 33.6 Å². The van der Waals surface area contributed by atoms with Gasteiger partial charge in [-0.1, -0.05) is 0 Å². The van der Waals surface area contributed by atoms with Crippen molar-refractivity contribution in [1.29, 1.82) is 0 Å². The largest absolute Gasteiger partial charge is 0.462 e. The van der Waals surface area contributed by atoms with Gasteiger partial charge in [-0.3, -0.25) is 10.1 Å². The van der Waals surface area contributed by atoms with E-state index in [4.69, 9.17) is 5.73 Å². The topological polar surface area (TPSA) is 95.5 Å². The molecule has 1 rings (SSSR count). The molecule has 2 N–H and O–H groups in total. The number of carbonyl (C=O) groups excluding carboxylic acids is 1. The number of nitrogens with two attached hydrogens (primary N) is 1. The maximum absolute atomic E-state index is 13.3. The number of nitrogen functional groups attached to an aromatic ring is 1. The summed E-state index contributed by atoms with van der Waals surface area (Å²) >= 11 is 0. The summed E-state index contributed by atoms with van der Waals surface area (Å²) in [5.74, 6) is -1.96. The first-order valence-electron chi connectivity index (χ1n) is 4.38. The molecule has 86 valence electrons. The van der Waals surface area contributed by atoms with Gasteiger partial charge in [-0.2, -0.15) is 0 Å². The van der Waals surface area contributed by atoms with E-state index in [-0.39, 0.29) is 6.61 Å². The lowest BCUT2D eigenvalue weighted by atomic mass is 10.1. The van der Waals surface area contributed by atoms with E-state index >= 15 is 0 Å². The summed E-state index contributed by atoms with van der Waals surface area (Å²) in [6, 6.07) is 1.70.